The highest BCUT2D eigenvalue weighted by Gasteiger charge is 2.58. The van der Waals surface area contributed by atoms with Crippen LogP contribution >= 0.6 is 15.9 Å². The molecule has 0 amide bonds. The van der Waals surface area contributed by atoms with Gasteiger partial charge in [0.1, 0.15) is 0 Å². The number of halogens is 1. The van der Waals surface area contributed by atoms with Gasteiger partial charge >= 0.3 is 0 Å². The van der Waals surface area contributed by atoms with Crippen LogP contribution in [0.1, 0.15) is 25.0 Å². The highest BCUT2D eigenvalue weighted by Crippen LogP contribution is 2.54. The zero-order chi connectivity index (χ0) is 16.2. The number of para-hydroxylation sites is 1. The minimum Gasteiger partial charge on any atom is -0.340 e. The topological polar surface area (TPSA) is 24.5 Å². The average molecular weight is 371 g/mol. The first-order valence-electron chi connectivity index (χ1n) is 7.72. The molecule has 0 fully saturated rings. The van der Waals surface area contributed by atoms with E-state index in [2.05, 4.69) is 89.7 Å². The lowest BCUT2D eigenvalue weighted by molar-refractivity contribution is -0.0678. The van der Waals surface area contributed by atoms with E-state index >= 15 is 0 Å². The lowest BCUT2D eigenvalue weighted by Gasteiger charge is -2.39. The van der Waals surface area contributed by atoms with Crippen LogP contribution in [0.5, 0.6) is 0 Å². The van der Waals surface area contributed by atoms with Gasteiger partial charge in [-0.3, -0.25) is 5.48 Å². The first-order valence-corrected chi connectivity index (χ1v) is 8.51. The maximum atomic E-state index is 6.18. The fourth-order valence-electron chi connectivity index (χ4n) is 3.72. The number of nitrogens with one attached hydrogen (secondary N) is 1. The van der Waals surface area contributed by atoms with Gasteiger partial charge in [-0.1, -0.05) is 60.1 Å². The Morgan fingerprint density at radius 3 is 2.43 bits per heavy atom. The summed E-state index contributed by atoms with van der Waals surface area (Å²) in [5.41, 5.74) is 7.10. The average Bonchev–Trinajstić information content (AvgIpc) is 3.07. The lowest BCUT2D eigenvalue weighted by Crippen LogP contribution is -2.54. The molecule has 2 heterocycles. The molecule has 4 rings (SSSR count). The molecule has 23 heavy (non-hydrogen) atoms. The van der Waals surface area contributed by atoms with E-state index in [4.69, 9.17) is 4.84 Å². The number of fused-ring (bicyclic) bond motifs is 1. The summed E-state index contributed by atoms with van der Waals surface area (Å²) in [6.45, 7) is 4.47. The second kappa shape index (κ2) is 4.86. The Labute approximate surface area is 145 Å². The van der Waals surface area contributed by atoms with Crippen LogP contribution in [0.25, 0.3) is 5.70 Å². The van der Waals surface area contributed by atoms with Crippen molar-refractivity contribution >= 4 is 27.3 Å². The molecule has 0 aliphatic carbocycles. The van der Waals surface area contributed by atoms with E-state index in [-0.39, 0.29) is 5.41 Å². The molecule has 0 aromatic heterocycles. The molecule has 118 valence electrons. The number of nitrogens with zero attached hydrogens (tertiary/aromatic N) is 1. The predicted octanol–water partition coefficient (Wildman–Crippen LogP) is 4.45. The Morgan fingerprint density at radius 2 is 1.74 bits per heavy atom. The van der Waals surface area contributed by atoms with Crippen molar-refractivity contribution < 1.29 is 4.84 Å². The third-order valence-corrected chi connectivity index (χ3v) is 5.67. The molecule has 0 saturated heterocycles. The highest BCUT2D eigenvalue weighted by atomic mass is 79.9. The summed E-state index contributed by atoms with van der Waals surface area (Å²) in [5.74, 6) is 0. The third-order valence-electron chi connectivity index (χ3n) is 5.14. The van der Waals surface area contributed by atoms with Gasteiger partial charge in [-0.05, 0) is 35.4 Å². The fourth-order valence-corrected chi connectivity index (χ4v) is 3.98. The van der Waals surface area contributed by atoms with Crippen LogP contribution in [0.3, 0.4) is 0 Å². The minimum absolute atomic E-state index is 0.164. The highest BCUT2D eigenvalue weighted by molar-refractivity contribution is 9.10. The molecule has 1 atom stereocenters. The number of benzene rings is 2. The molecule has 2 aromatic carbocycles. The number of anilines is 1. The number of hydroxylamine groups is 1. The van der Waals surface area contributed by atoms with Gasteiger partial charge < -0.3 is 4.90 Å². The van der Waals surface area contributed by atoms with Crippen molar-refractivity contribution in [2.75, 3.05) is 11.9 Å². The molecule has 3 nitrogen and oxygen atoms in total. The molecule has 0 bridgehead atoms. The Hall–Kier alpha value is -1.78. The van der Waals surface area contributed by atoms with Gasteiger partial charge in [-0.15, -0.1) is 0 Å². The van der Waals surface area contributed by atoms with E-state index < -0.39 is 5.72 Å². The molecule has 2 aromatic rings. The lowest BCUT2D eigenvalue weighted by atomic mass is 9.77. The van der Waals surface area contributed by atoms with Gasteiger partial charge in [0.15, 0.2) is 5.72 Å². The fraction of sp³-hybridized carbons (Fsp3) is 0.263. The van der Waals surface area contributed by atoms with Gasteiger partial charge in [-0.2, -0.15) is 0 Å². The summed E-state index contributed by atoms with van der Waals surface area (Å²) in [7, 11) is 2.09. The molecule has 0 saturated carbocycles. The molecular weight excluding hydrogens is 352 g/mol. The zero-order valence-corrected chi connectivity index (χ0v) is 15.0. The summed E-state index contributed by atoms with van der Waals surface area (Å²) in [4.78, 5) is 8.40. The molecule has 4 heteroatoms. The molecule has 0 radical (unpaired) electrons. The summed E-state index contributed by atoms with van der Waals surface area (Å²) < 4.78 is 1.07. The maximum absolute atomic E-state index is 6.18. The summed E-state index contributed by atoms with van der Waals surface area (Å²) in [6, 6.07) is 16.8. The predicted molar refractivity (Wildman–Crippen MR) is 96.9 cm³/mol. The summed E-state index contributed by atoms with van der Waals surface area (Å²) in [5, 5.41) is 0. The quantitative estimate of drug-likeness (QED) is 0.802. The van der Waals surface area contributed by atoms with Gasteiger partial charge in [0, 0.05) is 22.6 Å². The van der Waals surface area contributed by atoms with Crippen LogP contribution in [-0.2, 0) is 10.3 Å². The van der Waals surface area contributed by atoms with Crippen LogP contribution in [0.15, 0.2) is 59.1 Å². The number of rotatable bonds is 1. The van der Waals surface area contributed by atoms with Crippen molar-refractivity contribution in [2.24, 2.45) is 0 Å². The van der Waals surface area contributed by atoms with Crippen molar-refractivity contribution in [3.05, 3.63) is 70.2 Å². The Kier molecular flexibility index (Phi) is 3.12. The Balaban J connectivity index is 1.82. The molecule has 1 spiro atoms. The number of hydrogen-bond acceptors (Lipinski definition) is 3. The van der Waals surface area contributed by atoms with Gasteiger partial charge in [0.2, 0.25) is 0 Å². The Morgan fingerprint density at radius 1 is 1.04 bits per heavy atom. The van der Waals surface area contributed by atoms with Gasteiger partial charge in [0.25, 0.3) is 0 Å². The second-order valence-corrected chi connectivity index (χ2v) is 7.58. The summed E-state index contributed by atoms with van der Waals surface area (Å²) in [6.07, 6.45) is 2.20. The smallest absolute Gasteiger partial charge is 0.197 e. The van der Waals surface area contributed by atoms with Gasteiger partial charge in [0.05, 0.1) is 5.70 Å². The minimum atomic E-state index is -0.529. The zero-order valence-electron chi connectivity index (χ0n) is 13.4. The van der Waals surface area contributed by atoms with Crippen molar-refractivity contribution in [1.29, 1.82) is 0 Å². The molecular formula is C19H19BrN2O. The van der Waals surface area contributed by atoms with Crippen molar-refractivity contribution in [3.8, 4) is 0 Å². The molecule has 2 aliphatic heterocycles. The first kappa shape index (κ1) is 14.8. The van der Waals surface area contributed by atoms with E-state index in [1.54, 1.807) is 0 Å². The largest absolute Gasteiger partial charge is 0.340 e. The van der Waals surface area contributed by atoms with E-state index in [9.17, 15) is 0 Å². The standard InChI is InChI=1S/C19H19BrN2O/c1-18(2)15-6-4-5-7-17(15)22(3)19(18)12-16(21-23-19)13-8-10-14(20)11-9-13/h4-12,21H,1-3H3/t19-/m1/s1. The monoisotopic (exact) mass is 370 g/mol. The number of likely N-dealkylation sites (N-methyl/N-ethyl adjacent to an activating group) is 1. The first-order chi connectivity index (χ1) is 11.0. The van der Waals surface area contributed by atoms with Crippen molar-refractivity contribution in [1.82, 2.24) is 5.48 Å². The molecule has 2 aliphatic rings. The Bertz CT molecular complexity index is 797. The van der Waals surface area contributed by atoms with Crippen LogP contribution in [0.2, 0.25) is 0 Å². The number of hydrogen-bond donors (Lipinski definition) is 1. The van der Waals surface area contributed by atoms with E-state index in [0.29, 0.717) is 0 Å². The normalized spacial score (nSPS) is 24.5. The van der Waals surface area contributed by atoms with Crippen LogP contribution in [0.4, 0.5) is 5.69 Å². The van der Waals surface area contributed by atoms with E-state index in [1.165, 1.54) is 11.3 Å². The molecule has 0 unspecified atom stereocenters. The second-order valence-electron chi connectivity index (χ2n) is 6.67. The van der Waals surface area contributed by atoms with Crippen molar-refractivity contribution in [2.45, 2.75) is 25.0 Å². The van der Waals surface area contributed by atoms with E-state index in [0.717, 1.165) is 15.7 Å². The third kappa shape index (κ3) is 1.91. The molecule has 1 N–H and O–H groups in total. The van der Waals surface area contributed by atoms with Crippen LogP contribution in [-0.4, -0.2) is 12.8 Å². The van der Waals surface area contributed by atoms with Crippen molar-refractivity contribution in [3.63, 3.8) is 0 Å². The van der Waals surface area contributed by atoms with Crippen LogP contribution < -0.4 is 10.4 Å². The van der Waals surface area contributed by atoms with Crippen LogP contribution in [0, 0.1) is 0 Å². The summed E-state index contributed by atoms with van der Waals surface area (Å²) >= 11 is 3.48. The SMILES string of the molecule is CN1c2ccccc2C(C)(C)[C@]12C=C(c1ccc(Br)cc1)NO2. The van der Waals surface area contributed by atoms with E-state index in [1.807, 2.05) is 12.1 Å². The maximum Gasteiger partial charge on any atom is 0.197 e. The van der Waals surface area contributed by atoms with Gasteiger partial charge in [-0.25, -0.2) is 4.84 Å².